The number of rotatable bonds is 6. The molecule has 0 spiro atoms. The highest BCUT2D eigenvalue weighted by Crippen LogP contribution is 2.35. The van der Waals surface area contributed by atoms with Crippen molar-refractivity contribution in [3.05, 3.63) is 40.6 Å². The lowest BCUT2D eigenvalue weighted by Gasteiger charge is -2.21. The molecule has 1 aromatic rings. The molecule has 1 N–H and O–H groups in total. The molecule has 0 saturated heterocycles. The Morgan fingerprint density at radius 1 is 1.68 bits per heavy atom. The number of aromatic nitrogens is 1. The van der Waals surface area contributed by atoms with E-state index in [4.69, 9.17) is 5.11 Å². The van der Waals surface area contributed by atoms with Crippen LogP contribution in [0.25, 0.3) is 0 Å². The third kappa shape index (κ3) is 2.70. The van der Waals surface area contributed by atoms with E-state index in [-0.39, 0.29) is 23.1 Å². The van der Waals surface area contributed by atoms with Crippen molar-refractivity contribution in [3.8, 4) is 0 Å². The van der Waals surface area contributed by atoms with Gasteiger partial charge < -0.3 is 10.0 Å². The molecular formula is C12H13N3O4. The smallest absolute Gasteiger partial charge is 0.337 e. The van der Waals surface area contributed by atoms with Crippen LogP contribution < -0.4 is 4.90 Å². The van der Waals surface area contributed by atoms with Crippen LogP contribution in [0.5, 0.6) is 0 Å². The van der Waals surface area contributed by atoms with Gasteiger partial charge in [-0.1, -0.05) is 6.08 Å². The molecule has 1 saturated carbocycles. The predicted octanol–water partition coefficient (Wildman–Crippen LogP) is 1.84. The molecule has 1 heterocycles. The van der Waals surface area contributed by atoms with Crippen LogP contribution in [0, 0.1) is 10.1 Å². The Hall–Kier alpha value is -2.44. The maximum atomic E-state index is 11.1. The van der Waals surface area contributed by atoms with Gasteiger partial charge >= 0.3 is 11.7 Å². The molecule has 19 heavy (non-hydrogen) atoms. The Labute approximate surface area is 109 Å². The normalized spacial score (nSPS) is 13.9. The molecule has 1 aliphatic carbocycles. The van der Waals surface area contributed by atoms with Crippen LogP contribution in [-0.4, -0.2) is 33.6 Å². The summed E-state index contributed by atoms with van der Waals surface area (Å²) in [7, 11) is 0. The predicted molar refractivity (Wildman–Crippen MR) is 68.4 cm³/mol. The minimum Gasteiger partial charge on any atom is -0.478 e. The molecule has 0 amide bonds. The van der Waals surface area contributed by atoms with Gasteiger partial charge in [-0.3, -0.25) is 10.1 Å². The summed E-state index contributed by atoms with van der Waals surface area (Å²) < 4.78 is 0. The summed E-state index contributed by atoms with van der Waals surface area (Å²) in [5, 5.41) is 19.9. The van der Waals surface area contributed by atoms with E-state index in [0.717, 1.165) is 25.1 Å². The van der Waals surface area contributed by atoms with Crippen LogP contribution in [0.4, 0.5) is 11.5 Å². The quantitative estimate of drug-likeness (QED) is 0.478. The van der Waals surface area contributed by atoms with Crippen molar-refractivity contribution < 1.29 is 14.8 Å². The number of carboxylic acids is 1. The molecule has 7 nitrogen and oxygen atoms in total. The number of aromatic carboxylic acids is 1. The zero-order chi connectivity index (χ0) is 14.0. The van der Waals surface area contributed by atoms with Crippen molar-refractivity contribution in [1.29, 1.82) is 0 Å². The molecule has 1 fully saturated rings. The molecular weight excluding hydrogens is 250 g/mol. The summed E-state index contributed by atoms with van der Waals surface area (Å²) in [5.74, 6) is -1.03. The molecule has 1 aliphatic rings. The highest BCUT2D eigenvalue weighted by atomic mass is 16.6. The Morgan fingerprint density at radius 3 is 2.84 bits per heavy atom. The van der Waals surface area contributed by atoms with Gasteiger partial charge in [-0.15, -0.1) is 6.58 Å². The fourth-order valence-electron chi connectivity index (χ4n) is 1.85. The third-order valence-corrected chi connectivity index (χ3v) is 2.88. The lowest BCUT2D eigenvalue weighted by atomic mass is 10.2. The Morgan fingerprint density at radius 2 is 2.37 bits per heavy atom. The first kappa shape index (κ1) is 13.0. The van der Waals surface area contributed by atoms with E-state index in [1.165, 1.54) is 0 Å². The Balaban J connectivity index is 2.45. The number of hydrogen-bond acceptors (Lipinski definition) is 5. The maximum absolute atomic E-state index is 11.1. The van der Waals surface area contributed by atoms with Crippen LogP contribution in [-0.2, 0) is 0 Å². The van der Waals surface area contributed by atoms with Gasteiger partial charge in [0.25, 0.3) is 0 Å². The topological polar surface area (TPSA) is 96.6 Å². The lowest BCUT2D eigenvalue weighted by molar-refractivity contribution is -0.384. The van der Waals surface area contributed by atoms with E-state index >= 15 is 0 Å². The van der Waals surface area contributed by atoms with E-state index in [2.05, 4.69) is 11.6 Å². The highest BCUT2D eigenvalue weighted by molar-refractivity contribution is 5.88. The number of anilines is 1. The first-order valence-corrected chi connectivity index (χ1v) is 5.80. The minimum absolute atomic E-state index is 0.190. The number of hydrogen-bond donors (Lipinski definition) is 1. The molecule has 1 aromatic heterocycles. The first-order valence-electron chi connectivity index (χ1n) is 5.80. The van der Waals surface area contributed by atoms with Gasteiger partial charge in [-0.2, -0.15) is 0 Å². The zero-order valence-corrected chi connectivity index (χ0v) is 10.2. The average Bonchev–Trinajstić information content (AvgIpc) is 3.19. The molecule has 100 valence electrons. The standard InChI is InChI=1S/C12H13N3O4/c1-2-5-14(9-3-4-9)11-10(15(18)19)6-8(7-13-11)12(16)17/h2,6-7,9H,1,3-5H2,(H,16,17). The van der Waals surface area contributed by atoms with Crippen LogP contribution in [0.3, 0.4) is 0 Å². The van der Waals surface area contributed by atoms with Gasteiger partial charge in [0.2, 0.25) is 5.82 Å². The van der Waals surface area contributed by atoms with E-state index in [9.17, 15) is 14.9 Å². The summed E-state index contributed by atoms with van der Waals surface area (Å²) in [6.45, 7) is 4.07. The Kier molecular flexibility index (Phi) is 3.46. The van der Waals surface area contributed by atoms with Crippen molar-refractivity contribution in [2.45, 2.75) is 18.9 Å². The molecule has 7 heteroatoms. The first-order chi connectivity index (χ1) is 9.04. The summed E-state index contributed by atoms with van der Waals surface area (Å²) in [4.78, 5) is 27.0. The third-order valence-electron chi connectivity index (χ3n) is 2.88. The minimum atomic E-state index is -1.23. The lowest BCUT2D eigenvalue weighted by Crippen LogP contribution is -2.27. The van der Waals surface area contributed by atoms with Crippen molar-refractivity contribution in [1.82, 2.24) is 4.98 Å². The average molecular weight is 263 g/mol. The van der Waals surface area contributed by atoms with Gasteiger partial charge in [0, 0.05) is 24.8 Å². The maximum Gasteiger partial charge on any atom is 0.337 e. The van der Waals surface area contributed by atoms with E-state index in [0.29, 0.717) is 6.54 Å². The SMILES string of the molecule is C=CCN(c1ncc(C(=O)O)cc1[N+](=O)[O-])C1CC1. The van der Waals surface area contributed by atoms with E-state index in [1.54, 1.807) is 11.0 Å². The number of nitro groups is 1. The number of carbonyl (C=O) groups is 1. The molecule has 0 bridgehead atoms. The molecule has 0 radical (unpaired) electrons. The van der Waals surface area contributed by atoms with Gasteiger partial charge in [-0.05, 0) is 12.8 Å². The summed E-state index contributed by atoms with van der Waals surface area (Å²) in [6.07, 6.45) is 4.69. The molecule has 2 rings (SSSR count). The van der Waals surface area contributed by atoms with Gasteiger partial charge in [-0.25, -0.2) is 9.78 Å². The molecule has 0 atom stereocenters. The second-order valence-corrected chi connectivity index (χ2v) is 4.30. The monoisotopic (exact) mass is 263 g/mol. The fourth-order valence-corrected chi connectivity index (χ4v) is 1.85. The van der Waals surface area contributed by atoms with Crippen LogP contribution >= 0.6 is 0 Å². The van der Waals surface area contributed by atoms with Gasteiger partial charge in [0.05, 0.1) is 10.5 Å². The second kappa shape index (κ2) is 5.05. The number of pyridine rings is 1. The molecule has 0 aliphatic heterocycles. The van der Waals surface area contributed by atoms with Crippen LogP contribution in [0.2, 0.25) is 0 Å². The number of carboxylic acid groups (broad SMARTS) is 1. The molecule has 0 aromatic carbocycles. The van der Waals surface area contributed by atoms with Gasteiger partial charge in [0.1, 0.15) is 0 Å². The van der Waals surface area contributed by atoms with Crippen molar-refractivity contribution >= 4 is 17.5 Å². The number of nitrogens with zero attached hydrogens (tertiary/aromatic N) is 3. The summed E-state index contributed by atoms with van der Waals surface area (Å²) in [5.41, 5.74) is -0.474. The van der Waals surface area contributed by atoms with Crippen LogP contribution in [0.1, 0.15) is 23.2 Å². The van der Waals surface area contributed by atoms with Crippen LogP contribution in [0.15, 0.2) is 24.9 Å². The molecule has 0 unspecified atom stereocenters. The Bertz CT molecular complexity index is 540. The van der Waals surface area contributed by atoms with E-state index in [1.807, 2.05) is 0 Å². The van der Waals surface area contributed by atoms with Crippen molar-refractivity contribution in [2.24, 2.45) is 0 Å². The second-order valence-electron chi connectivity index (χ2n) is 4.30. The highest BCUT2D eigenvalue weighted by Gasteiger charge is 2.33. The van der Waals surface area contributed by atoms with Gasteiger partial charge in [0.15, 0.2) is 0 Å². The largest absolute Gasteiger partial charge is 0.478 e. The summed E-state index contributed by atoms with van der Waals surface area (Å²) >= 11 is 0. The van der Waals surface area contributed by atoms with Crippen molar-refractivity contribution in [2.75, 3.05) is 11.4 Å². The van der Waals surface area contributed by atoms with Crippen molar-refractivity contribution in [3.63, 3.8) is 0 Å². The zero-order valence-electron chi connectivity index (χ0n) is 10.2. The fraction of sp³-hybridized carbons (Fsp3) is 0.333. The summed E-state index contributed by atoms with van der Waals surface area (Å²) in [6, 6.07) is 1.27. The van der Waals surface area contributed by atoms with E-state index < -0.39 is 10.9 Å².